The van der Waals surface area contributed by atoms with Crippen molar-refractivity contribution in [3.05, 3.63) is 47.6 Å². The molecule has 2 bridgehead atoms. The van der Waals surface area contributed by atoms with E-state index in [1.807, 2.05) is 58.1 Å². The second-order valence-electron chi connectivity index (χ2n) is 20.2. The third kappa shape index (κ3) is 15.3. The monoisotopic (exact) mass is 958 g/mol. The molecule has 2 unspecified atom stereocenters. The van der Waals surface area contributed by atoms with E-state index in [0.29, 0.717) is 63.4 Å². The predicted molar refractivity (Wildman–Crippen MR) is 256 cm³/mol. The van der Waals surface area contributed by atoms with Crippen molar-refractivity contribution >= 4 is 29.2 Å². The summed E-state index contributed by atoms with van der Waals surface area (Å²) in [5.74, 6) is -7.96. The summed E-state index contributed by atoms with van der Waals surface area (Å²) in [5, 5.41) is 32.8. The number of ketones is 3. The summed E-state index contributed by atoms with van der Waals surface area (Å²) in [4.78, 5) is 72.1. The molecule has 68 heavy (non-hydrogen) atoms. The standard InChI is InChI=1S/C53H83NO14/c1-32-16-12-11-13-17-33(2)44(63-8)30-40-21-19-38(7)53(62,68-40)50(59)51(60)54-23-15-14-18-41(54)52(61)67-45(35(4)28-39-20-22-43(66-25-24-55)46(29-39)64-9)31-42(56)34(3)27-37(6)48(58)49(65-10)47(57)36(5)26-32/h11-13,16-17,27,32,34-36,38-41,43-46,48-49,55,58,62H,14-15,18-26,28-31H2,1-10H3/b13-11+,16-12-,33-17+,37-27+/t32?,34-,35+,36-,38-,39+,40+,41+,43?,44+,45+,46-,48-,49+,53-/m1/s1. The SMILES string of the molecule is CO[C@H]1C[C@@H]2CC[C@@H](C)[C@@](O)(O2)C(=O)C(=O)N2CCCC[C@H]2C(=O)O[C@H]([C@@H](C)C[C@@H]2CCC(OCCO)[C@H](OC)C2)CC(=O)[C@H](C)/C=C(\C)[C@@H](O)[C@@H](OC)C(=O)[C@H](C)CC(C)\C=C/C=C/C=C/1C. The average molecular weight is 958 g/mol. The van der Waals surface area contributed by atoms with Gasteiger partial charge in [0.15, 0.2) is 5.78 Å². The van der Waals surface area contributed by atoms with E-state index in [-0.39, 0.29) is 74.1 Å². The van der Waals surface area contributed by atoms with Crippen molar-refractivity contribution in [3.63, 3.8) is 0 Å². The number of carbonyl (C=O) groups excluding carboxylic acids is 5. The number of fused-ring (bicyclic) bond motifs is 3. The maximum Gasteiger partial charge on any atom is 0.329 e. The Labute approximate surface area is 405 Å². The first-order valence-corrected chi connectivity index (χ1v) is 25.0. The molecule has 15 heteroatoms. The van der Waals surface area contributed by atoms with Gasteiger partial charge in [0, 0.05) is 58.5 Å². The maximum atomic E-state index is 14.5. The molecule has 0 aromatic carbocycles. The molecule has 1 amide bonds. The van der Waals surface area contributed by atoms with Crippen LogP contribution in [0.3, 0.4) is 0 Å². The van der Waals surface area contributed by atoms with E-state index >= 15 is 0 Å². The Morgan fingerprint density at radius 1 is 0.853 bits per heavy atom. The second-order valence-corrected chi connectivity index (χ2v) is 20.2. The number of aliphatic hydroxyl groups is 3. The molecule has 3 heterocycles. The number of cyclic esters (lactones) is 1. The molecule has 0 aromatic heterocycles. The van der Waals surface area contributed by atoms with Gasteiger partial charge in [-0.2, -0.15) is 0 Å². The van der Waals surface area contributed by atoms with E-state index in [2.05, 4.69) is 0 Å². The maximum absolute atomic E-state index is 14.5. The number of carbonyl (C=O) groups is 5. The second kappa shape index (κ2) is 27.3. The summed E-state index contributed by atoms with van der Waals surface area (Å²) in [6.07, 6.45) is 12.0. The van der Waals surface area contributed by atoms with Crippen molar-refractivity contribution in [1.29, 1.82) is 0 Å². The zero-order valence-electron chi connectivity index (χ0n) is 42.4. The van der Waals surface area contributed by atoms with E-state index in [4.69, 9.17) is 28.4 Å². The number of piperidine rings is 1. The summed E-state index contributed by atoms with van der Waals surface area (Å²) in [5.41, 5.74) is 1.26. The topological polar surface area (TPSA) is 205 Å². The number of methoxy groups -OCH3 is 3. The van der Waals surface area contributed by atoms with Crippen LogP contribution in [-0.2, 0) is 52.4 Å². The van der Waals surface area contributed by atoms with E-state index in [9.17, 15) is 39.3 Å². The first kappa shape index (κ1) is 57.2. The smallest absolute Gasteiger partial charge is 0.329 e. The minimum Gasteiger partial charge on any atom is -0.460 e. The Morgan fingerprint density at radius 2 is 1.59 bits per heavy atom. The number of hydrogen-bond donors (Lipinski definition) is 3. The molecular weight excluding hydrogens is 875 g/mol. The van der Waals surface area contributed by atoms with Crippen LogP contribution in [0.5, 0.6) is 0 Å². The highest BCUT2D eigenvalue weighted by molar-refractivity contribution is 6.39. The largest absolute Gasteiger partial charge is 0.460 e. The lowest BCUT2D eigenvalue weighted by atomic mass is 9.78. The normalized spacial score (nSPS) is 39.2. The van der Waals surface area contributed by atoms with Gasteiger partial charge in [0.25, 0.3) is 11.7 Å². The Bertz CT molecular complexity index is 1810. The molecule has 3 fully saturated rings. The van der Waals surface area contributed by atoms with Crippen LogP contribution in [0.15, 0.2) is 47.6 Å². The minimum absolute atomic E-state index is 0.0158. The highest BCUT2D eigenvalue weighted by Crippen LogP contribution is 2.38. The van der Waals surface area contributed by atoms with Gasteiger partial charge in [-0.3, -0.25) is 19.2 Å². The number of amides is 1. The number of hydrogen-bond acceptors (Lipinski definition) is 14. The number of esters is 1. The number of aliphatic hydroxyl groups excluding tert-OH is 2. The molecule has 15 atom stereocenters. The third-order valence-electron chi connectivity index (χ3n) is 14.9. The first-order valence-electron chi connectivity index (χ1n) is 25.0. The van der Waals surface area contributed by atoms with Gasteiger partial charge >= 0.3 is 5.97 Å². The number of ether oxygens (including phenoxy) is 6. The van der Waals surface area contributed by atoms with E-state index < -0.39 is 77.8 Å². The zero-order valence-corrected chi connectivity index (χ0v) is 42.4. The summed E-state index contributed by atoms with van der Waals surface area (Å²) >= 11 is 0. The fourth-order valence-electron chi connectivity index (χ4n) is 10.5. The summed E-state index contributed by atoms with van der Waals surface area (Å²) in [6.45, 7) is 12.9. The lowest BCUT2D eigenvalue weighted by molar-refractivity contribution is -0.265. The molecular formula is C53H83NO14. The lowest BCUT2D eigenvalue weighted by Crippen LogP contribution is -2.61. The number of nitrogens with zero attached hydrogens (tertiary/aromatic N) is 1. The molecule has 384 valence electrons. The Morgan fingerprint density at radius 3 is 2.26 bits per heavy atom. The summed E-state index contributed by atoms with van der Waals surface area (Å²) < 4.78 is 35.6. The van der Waals surface area contributed by atoms with Crippen LogP contribution in [0, 0.1) is 35.5 Å². The van der Waals surface area contributed by atoms with Crippen LogP contribution in [0.4, 0.5) is 0 Å². The van der Waals surface area contributed by atoms with Crippen LogP contribution >= 0.6 is 0 Å². The fourth-order valence-corrected chi connectivity index (χ4v) is 10.5. The van der Waals surface area contributed by atoms with Crippen LogP contribution < -0.4 is 0 Å². The van der Waals surface area contributed by atoms with Crippen molar-refractivity contribution in [2.24, 2.45) is 35.5 Å². The predicted octanol–water partition coefficient (Wildman–Crippen LogP) is 6.20. The third-order valence-corrected chi connectivity index (χ3v) is 14.9. The van der Waals surface area contributed by atoms with Gasteiger partial charge < -0.3 is 48.6 Å². The molecule has 1 aliphatic carbocycles. The van der Waals surface area contributed by atoms with Gasteiger partial charge in [0.1, 0.15) is 30.1 Å². The summed E-state index contributed by atoms with van der Waals surface area (Å²) in [6, 6.07) is -1.14. The van der Waals surface area contributed by atoms with E-state index in [1.165, 1.54) is 12.0 Å². The summed E-state index contributed by atoms with van der Waals surface area (Å²) in [7, 11) is 4.58. The van der Waals surface area contributed by atoms with Gasteiger partial charge in [-0.25, -0.2) is 4.79 Å². The molecule has 15 nitrogen and oxygen atoms in total. The van der Waals surface area contributed by atoms with Gasteiger partial charge in [0.05, 0.1) is 37.6 Å². The molecule has 4 rings (SSSR count). The number of Topliss-reactive ketones (excluding diaryl/α,β-unsaturated/α-hetero) is 3. The minimum atomic E-state index is -2.43. The van der Waals surface area contributed by atoms with E-state index in [1.54, 1.807) is 41.1 Å². The van der Waals surface area contributed by atoms with Crippen molar-refractivity contribution < 1.29 is 67.7 Å². The van der Waals surface area contributed by atoms with Crippen molar-refractivity contribution in [3.8, 4) is 0 Å². The Hall–Kier alpha value is -3.41. The average Bonchev–Trinajstić information content (AvgIpc) is 3.32. The molecule has 3 aliphatic heterocycles. The van der Waals surface area contributed by atoms with Crippen LogP contribution in [0.1, 0.15) is 126 Å². The highest BCUT2D eigenvalue weighted by atomic mass is 16.6. The molecule has 1 saturated carbocycles. The van der Waals surface area contributed by atoms with Crippen molar-refractivity contribution in [1.82, 2.24) is 4.90 Å². The van der Waals surface area contributed by atoms with Gasteiger partial charge in [-0.15, -0.1) is 0 Å². The van der Waals surface area contributed by atoms with Gasteiger partial charge in [-0.05, 0) is 107 Å². The Kier molecular flexibility index (Phi) is 22.9. The molecule has 0 spiro atoms. The van der Waals surface area contributed by atoms with Crippen LogP contribution in [0.25, 0.3) is 0 Å². The number of rotatable bonds is 9. The van der Waals surface area contributed by atoms with Crippen LogP contribution in [-0.4, -0.2) is 145 Å². The van der Waals surface area contributed by atoms with E-state index in [0.717, 1.165) is 12.0 Å². The van der Waals surface area contributed by atoms with Gasteiger partial charge in [-0.1, -0.05) is 71.1 Å². The van der Waals surface area contributed by atoms with Crippen molar-refractivity contribution in [2.75, 3.05) is 41.1 Å². The number of allylic oxidation sites excluding steroid dienone is 6. The molecule has 3 N–H and O–H groups in total. The molecule has 2 saturated heterocycles. The molecule has 0 radical (unpaired) electrons. The lowest BCUT2D eigenvalue weighted by Gasteiger charge is -2.42. The van der Waals surface area contributed by atoms with Crippen LogP contribution in [0.2, 0.25) is 0 Å². The fraction of sp³-hybridized carbons (Fsp3) is 0.755. The van der Waals surface area contributed by atoms with Gasteiger partial charge in [0.2, 0.25) is 5.79 Å². The molecule has 0 aromatic rings. The zero-order chi connectivity index (χ0) is 50.3. The quantitative estimate of drug-likeness (QED) is 0.134. The molecule has 4 aliphatic rings. The first-order chi connectivity index (χ1) is 32.3. The Balaban J connectivity index is 1.70. The van der Waals surface area contributed by atoms with Crippen molar-refractivity contribution in [2.45, 2.75) is 180 Å². The highest BCUT2D eigenvalue weighted by Gasteiger charge is 2.53.